The number of hydrogen-bond acceptors (Lipinski definition) is 6. The Bertz CT molecular complexity index is 1120. The van der Waals surface area contributed by atoms with Gasteiger partial charge in [-0.3, -0.25) is 9.59 Å². The van der Waals surface area contributed by atoms with Gasteiger partial charge in [-0.25, -0.2) is 9.97 Å². The average Bonchev–Trinajstić information content (AvgIpc) is 3.73. The molecule has 2 aliphatic carbocycles. The number of halogens is 1. The van der Waals surface area contributed by atoms with Gasteiger partial charge in [0.2, 0.25) is 11.8 Å². The second-order valence-electron chi connectivity index (χ2n) is 9.99. The van der Waals surface area contributed by atoms with Crippen molar-refractivity contribution >= 4 is 35.1 Å². The summed E-state index contributed by atoms with van der Waals surface area (Å²) in [6, 6.07) is 8.67. The zero-order chi connectivity index (χ0) is 23.4. The number of nitrogens with zero attached hydrogens (tertiary/aromatic N) is 4. The predicted octanol–water partition coefficient (Wildman–Crippen LogP) is 2.90. The van der Waals surface area contributed by atoms with Crippen LogP contribution >= 0.6 is 11.6 Å². The first-order valence-corrected chi connectivity index (χ1v) is 12.6. The zero-order valence-corrected chi connectivity index (χ0v) is 20.0. The Hall–Kier alpha value is -2.71. The summed E-state index contributed by atoms with van der Waals surface area (Å²) in [4.78, 5) is 39.1. The number of carbonyl (C=O) groups is 2. The van der Waals surface area contributed by atoms with E-state index in [1.54, 1.807) is 0 Å². The van der Waals surface area contributed by atoms with E-state index in [-0.39, 0.29) is 35.7 Å². The van der Waals surface area contributed by atoms with Crippen molar-refractivity contribution in [2.24, 2.45) is 0 Å². The van der Waals surface area contributed by atoms with Gasteiger partial charge in [-0.05, 0) is 42.9 Å². The summed E-state index contributed by atoms with van der Waals surface area (Å²) in [5, 5.41) is 7.13. The largest absolute Gasteiger partial charge is 0.349 e. The van der Waals surface area contributed by atoms with Crippen LogP contribution in [0.25, 0.3) is 0 Å². The summed E-state index contributed by atoms with van der Waals surface area (Å²) in [6.07, 6.45) is 5.28. The topological polar surface area (TPSA) is 90.5 Å². The van der Waals surface area contributed by atoms with E-state index < -0.39 is 0 Å². The number of benzene rings is 1. The molecule has 2 saturated carbocycles. The van der Waals surface area contributed by atoms with Crippen LogP contribution in [-0.2, 0) is 9.59 Å². The summed E-state index contributed by atoms with van der Waals surface area (Å²) >= 11 is 6.10. The molecule has 1 aromatic carbocycles. The fourth-order valence-corrected chi connectivity index (χ4v) is 5.60. The Balaban J connectivity index is 1.21. The van der Waals surface area contributed by atoms with Crippen molar-refractivity contribution in [3.8, 4) is 0 Å². The molecule has 8 nitrogen and oxygen atoms in total. The molecule has 4 atom stereocenters. The van der Waals surface area contributed by atoms with Gasteiger partial charge in [0.25, 0.3) is 0 Å². The molecule has 3 fully saturated rings. The number of carbonyl (C=O) groups excluding carboxylic acids is 2. The molecule has 4 aliphatic rings. The summed E-state index contributed by atoms with van der Waals surface area (Å²) in [6.45, 7) is 4.09. The van der Waals surface area contributed by atoms with E-state index in [1.807, 2.05) is 24.3 Å². The van der Waals surface area contributed by atoms with Crippen LogP contribution in [0.4, 0.5) is 11.6 Å². The van der Waals surface area contributed by atoms with Gasteiger partial charge in [-0.15, -0.1) is 0 Å². The first-order valence-electron chi connectivity index (χ1n) is 12.2. The van der Waals surface area contributed by atoms with Crippen molar-refractivity contribution in [3.05, 3.63) is 46.7 Å². The van der Waals surface area contributed by atoms with Crippen LogP contribution in [0.2, 0.25) is 5.02 Å². The molecule has 0 spiro atoms. The van der Waals surface area contributed by atoms with E-state index in [9.17, 15) is 9.59 Å². The van der Waals surface area contributed by atoms with Crippen molar-refractivity contribution < 1.29 is 9.59 Å². The number of piperazine rings is 1. The number of fused-ring (bicyclic) bond motifs is 2. The SMILES string of the molecule is C[C@@H]1CC(=O)Nc2ncnc(N3CCN(C(=O)[C@H](CNC4CC4)c4ccc(Cl)cc4)C4C[C@@H]43)c21. The number of hydrogen-bond donors (Lipinski definition) is 2. The lowest BCUT2D eigenvalue weighted by atomic mass is 9.94. The van der Waals surface area contributed by atoms with Crippen LogP contribution < -0.4 is 15.5 Å². The van der Waals surface area contributed by atoms with Crippen molar-refractivity contribution in [2.45, 2.75) is 62.6 Å². The standard InChI is InChI=1S/C25H29ClN6O2/c1-14-10-21(33)30-23-22(14)24(29-13-28-23)31-8-9-32(20-11-19(20)31)25(34)18(12-27-17-6-7-17)15-2-4-16(26)5-3-15/h2-5,13-14,17-20,27H,6-12H2,1H3,(H,28,29,30,33)/t14-,18-,19+,20?/m1/s1. The van der Waals surface area contributed by atoms with Crippen LogP contribution in [0, 0.1) is 0 Å². The molecule has 1 saturated heterocycles. The van der Waals surface area contributed by atoms with Crippen molar-refractivity contribution in [1.82, 2.24) is 20.2 Å². The van der Waals surface area contributed by atoms with Crippen LogP contribution in [0.5, 0.6) is 0 Å². The smallest absolute Gasteiger partial charge is 0.231 e. The Kier molecular flexibility index (Phi) is 5.45. The zero-order valence-electron chi connectivity index (χ0n) is 19.2. The fraction of sp³-hybridized carbons (Fsp3) is 0.520. The third-order valence-corrected chi connectivity index (χ3v) is 7.78. The van der Waals surface area contributed by atoms with Gasteiger partial charge in [0.05, 0.1) is 18.0 Å². The lowest BCUT2D eigenvalue weighted by molar-refractivity contribution is -0.133. The van der Waals surface area contributed by atoms with Crippen LogP contribution in [0.3, 0.4) is 0 Å². The van der Waals surface area contributed by atoms with Crippen LogP contribution in [-0.4, -0.2) is 64.4 Å². The molecule has 2 aliphatic heterocycles. The van der Waals surface area contributed by atoms with E-state index in [1.165, 1.54) is 19.2 Å². The summed E-state index contributed by atoms with van der Waals surface area (Å²) in [5.41, 5.74) is 2.02. The number of anilines is 2. The second-order valence-corrected chi connectivity index (χ2v) is 10.4. The van der Waals surface area contributed by atoms with E-state index in [2.05, 4.69) is 37.3 Å². The Morgan fingerprint density at radius 1 is 1.21 bits per heavy atom. The Labute approximate surface area is 204 Å². The lowest BCUT2D eigenvalue weighted by Crippen LogP contribution is -2.51. The van der Waals surface area contributed by atoms with Crippen molar-refractivity contribution in [2.75, 3.05) is 29.9 Å². The maximum atomic E-state index is 13.8. The second kappa shape index (κ2) is 8.50. The molecule has 2 N–H and O–H groups in total. The van der Waals surface area contributed by atoms with Gasteiger partial charge < -0.3 is 20.4 Å². The molecule has 178 valence electrons. The molecule has 2 amide bonds. The van der Waals surface area contributed by atoms with E-state index in [4.69, 9.17) is 11.6 Å². The van der Waals surface area contributed by atoms with Gasteiger partial charge in [-0.2, -0.15) is 0 Å². The molecule has 9 heteroatoms. The first kappa shape index (κ1) is 21.8. The third kappa shape index (κ3) is 4.03. The molecular weight excluding hydrogens is 452 g/mol. The quantitative estimate of drug-likeness (QED) is 0.660. The summed E-state index contributed by atoms with van der Waals surface area (Å²) in [5.74, 6) is 1.57. The molecule has 1 unspecified atom stereocenters. The highest BCUT2D eigenvalue weighted by atomic mass is 35.5. The van der Waals surface area contributed by atoms with E-state index in [0.717, 1.165) is 29.9 Å². The minimum absolute atomic E-state index is 0.00240. The minimum atomic E-state index is -0.215. The third-order valence-electron chi connectivity index (χ3n) is 7.53. The lowest BCUT2D eigenvalue weighted by Gasteiger charge is -2.38. The molecule has 1 aromatic heterocycles. The first-order chi connectivity index (χ1) is 16.5. The molecule has 6 rings (SSSR count). The summed E-state index contributed by atoms with van der Waals surface area (Å²) < 4.78 is 0. The summed E-state index contributed by atoms with van der Waals surface area (Å²) in [7, 11) is 0. The molecule has 2 aromatic rings. The van der Waals surface area contributed by atoms with Crippen LogP contribution in [0.15, 0.2) is 30.6 Å². The average molecular weight is 481 g/mol. The molecular formula is C25H29ClN6O2. The highest BCUT2D eigenvalue weighted by Crippen LogP contribution is 2.44. The van der Waals surface area contributed by atoms with Gasteiger partial charge in [0.1, 0.15) is 18.0 Å². The Morgan fingerprint density at radius 3 is 2.76 bits per heavy atom. The van der Waals surface area contributed by atoms with E-state index in [0.29, 0.717) is 36.4 Å². The predicted molar refractivity (Wildman–Crippen MR) is 130 cm³/mol. The minimum Gasteiger partial charge on any atom is -0.349 e. The molecule has 34 heavy (non-hydrogen) atoms. The Morgan fingerprint density at radius 2 is 2.00 bits per heavy atom. The van der Waals surface area contributed by atoms with Gasteiger partial charge >= 0.3 is 0 Å². The van der Waals surface area contributed by atoms with Crippen molar-refractivity contribution in [1.29, 1.82) is 0 Å². The highest BCUT2D eigenvalue weighted by molar-refractivity contribution is 6.30. The fourth-order valence-electron chi connectivity index (χ4n) is 5.47. The number of rotatable bonds is 6. The number of aromatic nitrogens is 2. The number of nitrogens with one attached hydrogen (secondary N) is 2. The maximum absolute atomic E-state index is 13.8. The molecule has 3 heterocycles. The van der Waals surface area contributed by atoms with Gasteiger partial charge in [-0.1, -0.05) is 30.7 Å². The monoisotopic (exact) mass is 480 g/mol. The van der Waals surface area contributed by atoms with Gasteiger partial charge in [0, 0.05) is 42.7 Å². The number of amides is 2. The molecule has 0 bridgehead atoms. The van der Waals surface area contributed by atoms with Crippen LogP contribution in [0.1, 0.15) is 55.6 Å². The molecule has 0 radical (unpaired) electrons. The highest BCUT2D eigenvalue weighted by Gasteiger charge is 2.52. The van der Waals surface area contributed by atoms with E-state index >= 15 is 0 Å². The van der Waals surface area contributed by atoms with Gasteiger partial charge in [0.15, 0.2) is 0 Å². The normalized spacial score (nSPS) is 26.4. The maximum Gasteiger partial charge on any atom is 0.231 e. The van der Waals surface area contributed by atoms with Crippen molar-refractivity contribution in [3.63, 3.8) is 0 Å².